The van der Waals surface area contributed by atoms with E-state index in [0.29, 0.717) is 24.7 Å². The van der Waals surface area contributed by atoms with Crippen LogP contribution in [0.15, 0.2) is 18.2 Å². The number of benzene rings is 1. The first kappa shape index (κ1) is 12.7. The van der Waals surface area contributed by atoms with Gasteiger partial charge < -0.3 is 19.3 Å². The molecule has 0 amide bonds. The van der Waals surface area contributed by atoms with Crippen molar-refractivity contribution in [2.45, 2.75) is 18.9 Å². The lowest BCUT2D eigenvalue weighted by Gasteiger charge is -2.24. The van der Waals surface area contributed by atoms with Crippen LogP contribution in [-0.2, 0) is 4.74 Å². The fraction of sp³-hybridized carbons (Fsp3) is 0.462. The minimum atomic E-state index is -1.00. The van der Waals surface area contributed by atoms with E-state index in [1.807, 2.05) is 0 Å². The third kappa shape index (κ3) is 2.92. The van der Waals surface area contributed by atoms with Crippen LogP contribution in [0.1, 0.15) is 23.2 Å². The molecule has 1 aromatic rings. The molecule has 0 bridgehead atoms. The molecule has 0 saturated carbocycles. The Morgan fingerprint density at radius 3 is 2.72 bits per heavy atom. The zero-order valence-corrected chi connectivity index (χ0v) is 10.2. The summed E-state index contributed by atoms with van der Waals surface area (Å²) in [6.45, 7) is 1.30. The van der Waals surface area contributed by atoms with E-state index < -0.39 is 5.97 Å². The van der Waals surface area contributed by atoms with Crippen molar-refractivity contribution < 1.29 is 24.1 Å². The van der Waals surface area contributed by atoms with Crippen molar-refractivity contribution in [2.24, 2.45) is 0 Å². The fourth-order valence-corrected chi connectivity index (χ4v) is 1.88. The Morgan fingerprint density at radius 2 is 2.11 bits per heavy atom. The molecule has 2 rings (SSSR count). The highest BCUT2D eigenvalue weighted by Gasteiger charge is 2.19. The quantitative estimate of drug-likeness (QED) is 0.887. The number of carboxylic acids is 1. The number of hydrogen-bond acceptors (Lipinski definition) is 4. The molecule has 5 nitrogen and oxygen atoms in total. The zero-order chi connectivity index (χ0) is 13.0. The van der Waals surface area contributed by atoms with Gasteiger partial charge >= 0.3 is 5.97 Å². The molecule has 0 radical (unpaired) electrons. The summed E-state index contributed by atoms with van der Waals surface area (Å²) in [7, 11) is 1.54. The monoisotopic (exact) mass is 252 g/mol. The van der Waals surface area contributed by atoms with Gasteiger partial charge in [0.1, 0.15) is 23.2 Å². The van der Waals surface area contributed by atoms with Gasteiger partial charge in [-0.15, -0.1) is 0 Å². The van der Waals surface area contributed by atoms with Gasteiger partial charge in [0.25, 0.3) is 0 Å². The van der Waals surface area contributed by atoms with E-state index in [1.165, 1.54) is 13.2 Å². The summed E-state index contributed by atoms with van der Waals surface area (Å²) in [5.41, 5.74) is 0.155. The van der Waals surface area contributed by atoms with E-state index in [9.17, 15) is 4.79 Å². The van der Waals surface area contributed by atoms with Gasteiger partial charge in [-0.1, -0.05) is 0 Å². The molecule has 5 heteroatoms. The molecule has 1 aromatic carbocycles. The maximum absolute atomic E-state index is 11.1. The Bertz CT molecular complexity index is 423. The first-order valence-electron chi connectivity index (χ1n) is 5.86. The predicted octanol–water partition coefficient (Wildman–Crippen LogP) is 1.95. The van der Waals surface area contributed by atoms with E-state index >= 15 is 0 Å². The highest BCUT2D eigenvalue weighted by molar-refractivity contribution is 5.91. The van der Waals surface area contributed by atoms with Crippen LogP contribution >= 0.6 is 0 Å². The van der Waals surface area contributed by atoms with Gasteiger partial charge in [0.2, 0.25) is 0 Å². The highest BCUT2D eigenvalue weighted by atomic mass is 16.5. The molecule has 1 aliphatic rings. The van der Waals surface area contributed by atoms with Crippen LogP contribution in [0, 0.1) is 0 Å². The highest BCUT2D eigenvalue weighted by Crippen LogP contribution is 2.27. The summed E-state index contributed by atoms with van der Waals surface area (Å²) >= 11 is 0. The number of methoxy groups -OCH3 is 1. The molecule has 0 aromatic heterocycles. The summed E-state index contributed by atoms with van der Waals surface area (Å²) in [6, 6.07) is 4.72. The number of carbonyl (C=O) groups is 1. The molecule has 98 valence electrons. The van der Waals surface area contributed by atoms with Crippen LogP contribution in [0.4, 0.5) is 0 Å². The minimum Gasteiger partial charge on any atom is -0.497 e. The standard InChI is InChI=1S/C13H16O5/c1-16-10-2-3-11(13(14)15)12(8-10)18-9-4-6-17-7-5-9/h2-3,8-9H,4-7H2,1H3,(H,14,15). The predicted molar refractivity (Wildman–Crippen MR) is 64.4 cm³/mol. The summed E-state index contributed by atoms with van der Waals surface area (Å²) in [4.78, 5) is 11.1. The van der Waals surface area contributed by atoms with Crippen LogP contribution in [0.25, 0.3) is 0 Å². The van der Waals surface area contributed by atoms with Crippen molar-refractivity contribution in [3.63, 3.8) is 0 Å². The Hall–Kier alpha value is -1.75. The Labute approximate surface area is 105 Å². The third-order valence-corrected chi connectivity index (χ3v) is 2.88. The lowest BCUT2D eigenvalue weighted by Crippen LogP contribution is -2.26. The van der Waals surface area contributed by atoms with Crippen molar-refractivity contribution in [2.75, 3.05) is 20.3 Å². The Balaban J connectivity index is 2.19. The largest absolute Gasteiger partial charge is 0.497 e. The molecule has 0 atom stereocenters. The molecule has 0 unspecified atom stereocenters. The van der Waals surface area contributed by atoms with Gasteiger partial charge in [-0.3, -0.25) is 0 Å². The van der Waals surface area contributed by atoms with Crippen LogP contribution in [0.2, 0.25) is 0 Å². The molecule has 0 spiro atoms. The van der Waals surface area contributed by atoms with Crippen molar-refractivity contribution >= 4 is 5.97 Å². The van der Waals surface area contributed by atoms with Gasteiger partial charge in [0.15, 0.2) is 0 Å². The van der Waals surface area contributed by atoms with Gasteiger partial charge in [0.05, 0.1) is 20.3 Å². The smallest absolute Gasteiger partial charge is 0.339 e. The Morgan fingerprint density at radius 1 is 1.39 bits per heavy atom. The lowest BCUT2D eigenvalue weighted by molar-refractivity contribution is 0.0248. The summed E-state index contributed by atoms with van der Waals surface area (Å²) in [5, 5.41) is 9.11. The Kier molecular flexibility index (Phi) is 4.04. The number of ether oxygens (including phenoxy) is 3. The summed E-state index contributed by atoms with van der Waals surface area (Å²) in [5.74, 6) is -0.0597. The molecule has 1 saturated heterocycles. The van der Waals surface area contributed by atoms with E-state index in [0.717, 1.165) is 12.8 Å². The molecule has 1 N–H and O–H groups in total. The van der Waals surface area contributed by atoms with Crippen molar-refractivity contribution in [3.8, 4) is 11.5 Å². The van der Waals surface area contributed by atoms with Gasteiger partial charge in [-0.25, -0.2) is 4.79 Å². The molecule has 1 heterocycles. The zero-order valence-electron chi connectivity index (χ0n) is 10.2. The number of hydrogen-bond donors (Lipinski definition) is 1. The molecule has 0 aliphatic carbocycles. The average Bonchev–Trinajstić information content (AvgIpc) is 2.39. The van der Waals surface area contributed by atoms with Crippen LogP contribution in [0.5, 0.6) is 11.5 Å². The van der Waals surface area contributed by atoms with Crippen molar-refractivity contribution in [3.05, 3.63) is 23.8 Å². The van der Waals surface area contributed by atoms with Gasteiger partial charge in [0, 0.05) is 18.9 Å². The van der Waals surface area contributed by atoms with Gasteiger partial charge in [-0.2, -0.15) is 0 Å². The fourth-order valence-electron chi connectivity index (χ4n) is 1.88. The normalized spacial score (nSPS) is 16.3. The molecule has 1 fully saturated rings. The first-order valence-corrected chi connectivity index (χ1v) is 5.86. The number of rotatable bonds is 4. The van der Waals surface area contributed by atoms with E-state index in [2.05, 4.69) is 0 Å². The van der Waals surface area contributed by atoms with Crippen LogP contribution in [0.3, 0.4) is 0 Å². The lowest BCUT2D eigenvalue weighted by atomic mass is 10.1. The first-order chi connectivity index (χ1) is 8.70. The van der Waals surface area contributed by atoms with Crippen LogP contribution < -0.4 is 9.47 Å². The maximum atomic E-state index is 11.1. The summed E-state index contributed by atoms with van der Waals surface area (Å²) in [6.07, 6.45) is 1.55. The molecule has 18 heavy (non-hydrogen) atoms. The van der Waals surface area contributed by atoms with E-state index in [-0.39, 0.29) is 11.7 Å². The molecule has 1 aliphatic heterocycles. The number of aromatic carboxylic acids is 1. The summed E-state index contributed by atoms with van der Waals surface area (Å²) < 4.78 is 16.1. The van der Waals surface area contributed by atoms with E-state index in [4.69, 9.17) is 19.3 Å². The van der Waals surface area contributed by atoms with Crippen LogP contribution in [-0.4, -0.2) is 37.5 Å². The second-order valence-corrected chi connectivity index (χ2v) is 4.10. The second-order valence-electron chi connectivity index (χ2n) is 4.10. The topological polar surface area (TPSA) is 65.0 Å². The minimum absolute atomic E-state index is 0.00366. The number of carboxylic acid groups (broad SMARTS) is 1. The molecular weight excluding hydrogens is 236 g/mol. The van der Waals surface area contributed by atoms with Crippen molar-refractivity contribution in [1.82, 2.24) is 0 Å². The third-order valence-electron chi connectivity index (χ3n) is 2.88. The average molecular weight is 252 g/mol. The second kappa shape index (κ2) is 5.73. The SMILES string of the molecule is COc1ccc(C(=O)O)c(OC2CCOCC2)c1. The van der Waals surface area contributed by atoms with Gasteiger partial charge in [-0.05, 0) is 12.1 Å². The maximum Gasteiger partial charge on any atom is 0.339 e. The molecular formula is C13H16O5. The van der Waals surface area contributed by atoms with E-state index in [1.54, 1.807) is 12.1 Å². The van der Waals surface area contributed by atoms with Crippen molar-refractivity contribution in [1.29, 1.82) is 0 Å².